The molecule has 4 nitrogen and oxygen atoms in total. The Bertz CT molecular complexity index is 458. The van der Waals surface area contributed by atoms with Gasteiger partial charge in [0.05, 0.1) is 11.6 Å². The van der Waals surface area contributed by atoms with Crippen molar-refractivity contribution in [1.82, 2.24) is 5.32 Å². The first-order chi connectivity index (χ1) is 8.98. The van der Waals surface area contributed by atoms with Crippen LogP contribution in [0.1, 0.15) is 42.6 Å². The lowest BCUT2D eigenvalue weighted by atomic mass is 9.88. The lowest BCUT2D eigenvalue weighted by molar-refractivity contribution is 0.0933. The number of carbonyl (C=O) groups excluding carboxylic acids is 1. The van der Waals surface area contributed by atoms with Gasteiger partial charge in [0.15, 0.2) is 0 Å². The third-order valence-electron chi connectivity index (χ3n) is 3.02. The zero-order valence-corrected chi connectivity index (χ0v) is 11.4. The maximum atomic E-state index is 11.9. The summed E-state index contributed by atoms with van der Waals surface area (Å²) in [5.41, 5.74) is 1.06. The number of aliphatic hydroxyl groups excluding tert-OH is 1. The van der Waals surface area contributed by atoms with E-state index in [2.05, 4.69) is 19.2 Å². The molecule has 0 fully saturated rings. The molecule has 0 unspecified atom stereocenters. The van der Waals surface area contributed by atoms with Crippen molar-refractivity contribution in [1.29, 1.82) is 5.26 Å². The lowest BCUT2D eigenvalue weighted by Gasteiger charge is -2.24. The Balaban J connectivity index is 2.53. The Kier molecular flexibility index (Phi) is 5.53. The molecule has 1 amide bonds. The van der Waals surface area contributed by atoms with Crippen LogP contribution in [-0.4, -0.2) is 24.2 Å². The van der Waals surface area contributed by atoms with E-state index in [0.717, 1.165) is 12.8 Å². The van der Waals surface area contributed by atoms with E-state index in [4.69, 9.17) is 10.4 Å². The molecule has 2 N–H and O–H groups in total. The minimum atomic E-state index is -0.137. The minimum absolute atomic E-state index is 0.0367. The molecule has 0 aromatic heterocycles. The van der Waals surface area contributed by atoms with Gasteiger partial charge >= 0.3 is 0 Å². The number of rotatable bonds is 6. The first-order valence-electron chi connectivity index (χ1n) is 6.38. The number of hydrogen-bond acceptors (Lipinski definition) is 3. The average Bonchev–Trinajstić information content (AvgIpc) is 2.43. The number of nitrogens with zero attached hydrogens (tertiary/aromatic N) is 1. The smallest absolute Gasteiger partial charge is 0.251 e. The van der Waals surface area contributed by atoms with E-state index in [-0.39, 0.29) is 17.9 Å². The van der Waals surface area contributed by atoms with Crippen molar-refractivity contribution >= 4 is 5.91 Å². The van der Waals surface area contributed by atoms with Crippen LogP contribution in [0.5, 0.6) is 0 Å². The highest BCUT2D eigenvalue weighted by atomic mass is 16.2. The van der Waals surface area contributed by atoms with Crippen LogP contribution >= 0.6 is 0 Å². The van der Waals surface area contributed by atoms with E-state index < -0.39 is 0 Å². The second kappa shape index (κ2) is 6.91. The molecule has 0 saturated heterocycles. The Morgan fingerprint density at radius 2 is 2.00 bits per heavy atom. The maximum Gasteiger partial charge on any atom is 0.251 e. The number of amides is 1. The van der Waals surface area contributed by atoms with Gasteiger partial charge in [0.1, 0.15) is 0 Å². The number of nitriles is 1. The molecule has 4 heteroatoms. The van der Waals surface area contributed by atoms with Gasteiger partial charge in [0, 0.05) is 18.7 Å². The van der Waals surface area contributed by atoms with Crippen LogP contribution in [0.25, 0.3) is 0 Å². The Morgan fingerprint density at radius 1 is 1.37 bits per heavy atom. The average molecular weight is 260 g/mol. The molecule has 0 bridgehead atoms. The molecule has 0 aliphatic rings. The van der Waals surface area contributed by atoms with Gasteiger partial charge in [0.2, 0.25) is 0 Å². The normalized spacial score (nSPS) is 10.8. The predicted molar refractivity (Wildman–Crippen MR) is 73.6 cm³/mol. The molecule has 19 heavy (non-hydrogen) atoms. The summed E-state index contributed by atoms with van der Waals surface area (Å²) in [6.07, 6.45) is 1.59. The topological polar surface area (TPSA) is 73.1 Å². The van der Waals surface area contributed by atoms with Crippen LogP contribution in [0.2, 0.25) is 0 Å². The number of nitrogens with one attached hydrogen (secondary N) is 1. The van der Waals surface area contributed by atoms with E-state index >= 15 is 0 Å². The lowest BCUT2D eigenvalue weighted by Crippen LogP contribution is -2.34. The summed E-state index contributed by atoms with van der Waals surface area (Å²) in [6, 6.07) is 8.57. The van der Waals surface area contributed by atoms with Gasteiger partial charge in [0.25, 0.3) is 5.91 Å². The van der Waals surface area contributed by atoms with Crippen LogP contribution in [-0.2, 0) is 0 Å². The van der Waals surface area contributed by atoms with E-state index in [1.807, 2.05) is 6.07 Å². The summed E-state index contributed by atoms with van der Waals surface area (Å²) >= 11 is 0. The van der Waals surface area contributed by atoms with Gasteiger partial charge < -0.3 is 10.4 Å². The van der Waals surface area contributed by atoms with Crippen molar-refractivity contribution in [2.45, 2.75) is 26.7 Å². The summed E-state index contributed by atoms with van der Waals surface area (Å²) in [4.78, 5) is 11.9. The second-order valence-electron chi connectivity index (χ2n) is 5.36. The minimum Gasteiger partial charge on any atom is -0.396 e. The molecule has 0 atom stereocenters. The molecule has 0 saturated carbocycles. The van der Waals surface area contributed by atoms with Crippen LogP contribution in [0.15, 0.2) is 24.3 Å². The molecule has 102 valence electrons. The van der Waals surface area contributed by atoms with Crippen molar-refractivity contribution in [2.24, 2.45) is 5.41 Å². The number of aliphatic hydroxyl groups is 1. The fourth-order valence-corrected chi connectivity index (χ4v) is 1.76. The van der Waals surface area contributed by atoms with Gasteiger partial charge in [-0.15, -0.1) is 0 Å². The molecular formula is C15H20N2O2. The molecule has 1 aromatic carbocycles. The summed E-state index contributed by atoms with van der Waals surface area (Å²) < 4.78 is 0. The van der Waals surface area contributed by atoms with Crippen LogP contribution in [0, 0.1) is 16.7 Å². The molecule has 0 radical (unpaired) electrons. The predicted octanol–water partition coefficient (Wildman–Crippen LogP) is 2.09. The zero-order chi connectivity index (χ0) is 14.3. The van der Waals surface area contributed by atoms with E-state index in [1.54, 1.807) is 24.3 Å². The van der Waals surface area contributed by atoms with Crippen LogP contribution in [0.4, 0.5) is 0 Å². The Labute approximate surface area is 114 Å². The van der Waals surface area contributed by atoms with Gasteiger partial charge in [-0.05, 0) is 42.5 Å². The molecule has 0 spiro atoms. The number of benzene rings is 1. The summed E-state index contributed by atoms with van der Waals surface area (Å²) in [5.74, 6) is -0.137. The van der Waals surface area contributed by atoms with Crippen molar-refractivity contribution < 1.29 is 9.90 Å². The van der Waals surface area contributed by atoms with E-state index in [0.29, 0.717) is 17.7 Å². The summed E-state index contributed by atoms with van der Waals surface area (Å²) in [7, 11) is 0. The third kappa shape index (κ3) is 5.11. The first-order valence-corrected chi connectivity index (χ1v) is 6.38. The quantitative estimate of drug-likeness (QED) is 0.822. The fraction of sp³-hybridized carbons (Fsp3) is 0.467. The SMILES string of the molecule is CC(C)(CCCO)CNC(=O)c1ccc(C#N)cc1. The second-order valence-corrected chi connectivity index (χ2v) is 5.36. The zero-order valence-electron chi connectivity index (χ0n) is 11.4. The number of hydrogen-bond donors (Lipinski definition) is 2. The van der Waals surface area contributed by atoms with Crippen molar-refractivity contribution in [2.75, 3.05) is 13.2 Å². The standard InChI is InChI=1S/C15H20N2O2/c1-15(2,8-3-9-18)11-17-14(19)13-6-4-12(10-16)5-7-13/h4-7,18H,3,8-9,11H2,1-2H3,(H,17,19). The Morgan fingerprint density at radius 3 is 2.53 bits per heavy atom. The van der Waals surface area contributed by atoms with Crippen LogP contribution in [0.3, 0.4) is 0 Å². The highest BCUT2D eigenvalue weighted by molar-refractivity contribution is 5.94. The highest BCUT2D eigenvalue weighted by Crippen LogP contribution is 2.20. The van der Waals surface area contributed by atoms with Crippen molar-refractivity contribution in [3.8, 4) is 6.07 Å². The fourth-order valence-electron chi connectivity index (χ4n) is 1.76. The first kappa shape index (κ1) is 15.2. The molecule has 0 aliphatic heterocycles. The monoisotopic (exact) mass is 260 g/mol. The van der Waals surface area contributed by atoms with Gasteiger partial charge in [-0.1, -0.05) is 13.8 Å². The van der Waals surface area contributed by atoms with Gasteiger partial charge in [-0.2, -0.15) is 5.26 Å². The molecule has 1 rings (SSSR count). The summed E-state index contributed by atoms with van der Waals surface area (Å²) in [6.45, 7) is 4.85. The van der Waals surface area contributed by atoms with Crippen molar-refractivity contribution in [3.05, 3.63) is 35.4 Å². The highest BCUT2D eigenvalue weighted by Gasteiger charge is 2.18. The van der Waals surface area contributed by atoms with E-state index in [1.165, 1.54) is 0 Å². The summed E-state index contributed by atoms with van der Waals surface area (Å²) in [5, 5.41) is 20.4. The van der Waals surface area contributed by atoms with E-state index in [9.17, 15) is 4.79 Å². The van der Waals surface area contributed by atoms with Crippen LogP contribution < -0.4 is 5.32 Å². The van der Waals surface area contributed by atoms with Crippen molar-refractivity contribution in [3.63, 3.8) is 0 Å². The molecule has 0 heterocycles. The molecular weight excluding hydrogens is 240 g/mol. The van der Waals surface area contributed by atoms with Gasteiger partial charge in [-0.3, -0.25) is 4.79 Å². The maximum absolute atomic E-state index is 11.9. The Hall–Kier alpha value is -1.86. The molecule has 0 aliphatic carbocycles. The largest absolute Gasteiger partial charge is 0.396 e. The van der Waals surface area contributed by atoms with Gasteiger partial charge in [-0.25, -0.2) is 0 Å². The number of carbonyl (C=O) groups is 1. The third-order valence-corrected chi connectivity index (χ3v) is 3.02. The molecule has 1 aromatic rings.